The molecular formula is C12H16ClFN2O. The highest BCUT2D eigenvalue weighted by atomic mass is 35.5. The predicted molar refractivity (Wildman–Crippen MR) is 66.3 cm³/mol. The Bertz CT molecular complexity index is 410. The molecule has 0 heterocycles. The van der Waals surface area contributed by atoms with Gasteiger partial charge in [0, 0.05) is 18.0 Å². The summed E-state index contributed by atoms with van der Waals surface area (Å²) in [4.78, 5) is 11.3. The maximum absolute atomic E-state index is 13.3. The van der Waals surface area contributed by atoms with E-state index in [2.05, 4.69) is 5.32 Å². The van der Waals surface area contributed by atoms with E-state index in [4.69, 9.17) is 17.3 Å². The molecule has 3 N–H and O–H groups in total. The van der Waals surface area contributed by atoms with E-state index in [0.717, 1.165) is 0 Å². The first-order valence-corrected chi connectivity index (χ1v) is 5.83. The van der Waals surface area contributed by atoms with Crippen LogP contribution in [0, 0.1) is 12.7 Å². The molecule has 0 aliphatic heterocycles. The van der Waals surface area contributed by atoms with Crippen molar-refractivity contribution >= 4 is 17.5 Å². The smallest absolute Gasteiger partial charge is 0.220 e. The van der Waals surface area contributed by atoms with Crippen LogP contribution in [0.5, 0.6) is 0 Å². The van der Waals surface area contributed by atoms with Crippen molar-refractivity contribution in [3.8, 4) is 0 Å². The van der Waals surface area contributed by atoms with Crippen LogP contribution in [0.3, 0.4) is 0 Å². The van der Waals surface area contributed by atoms with Gasteiger partial charge in [0.15, 0.2) is 0 Å². The SMILES string of the molecule is Cc1cc(Cl)c(CNC(=O)CCCN)cc1F. The lowest BCUT2D eigenvalue weighted by atomic mass is 10.1. The Hall–Kier alpha value is -1.13. The number of carbonyl (C=O) groups is 1. The molecule has 1 aromatic rings. The molecule has 17 heavy (non-hydrogen) atoms. The minimum absolute atomic E-state index is 0.104. The predicted octanol–water partition coefficient (Wildman–Crippen LogP) is 2.14. The maximum Gasteiger partial charge on any atom is 0.220 e. The standard InChI is InChI=1S/C12H16ClFN2O/c1-8-5-10(13)9(6-11(8)14)7-16-12(17)3-2-4-15/h5-6H,2-4,7,15H2,1H3,(H,16,17). The van der Waals surface area contributed by atoms with Crippen molar-refractivity contribution in [3.63, 3.8) is 0 Å². The van der Waals surface area contributed by atoms with Gasteiger partial charge in [-0.05, 0) is 43.1 Å². The van der Waals surface area contributed by atoms with Crippen molar-refractivity contribution in [3.05, 3.63) is 34.1 Å². The molecule has 0 aromatic heterocycles. The molecule has 0 aliphatic rings. The Morgan fingerprint density at radius 3 is 2.88 bits per heavy atom. The third-order valence-electron chi connectivity index (χ3n) is 2.41. The molecule has 1 amide bonds. The molecule has 0 radical (unpaired) electrons. The van der Waals surface area contributed by atoms with Crippen LogP contribution in [-0.4, -0.2) is 12.5 Å². The monoisotopic (exact) mass is 258 g/mol. The van der Waals surface area contributed by atoms with Crippen LogP contribution >= 0.6 is 11.6 Å². The van der Waals surface area contributed by atoms with E-state index < -0.39 is 0 Å². The molecule has 0 fully saturated rings. The highest BCUT2D eigenvalue weighted by molar-refractivity contribution is 6.31. The molecule has 5 heteroatoms. The summed E-state index contributed by atoms with van der Waals surface area (Å²) in [6, 6.07) is 2.90. The molecule has 0 unspecified atom stereocenters. The topological polar surface area (TPSA) is 55.1 Å². The lowest BCUT2D eigenvalue weighted by molar-refractivity contribution is -0.121. The first-order chi connectivity index (χ1) is 8.04. The van der Waals surface area contributed by atoms with Gasteiger partial charge < -0.3 is 11.1 Å². The van der Waals surface area contributed by atoms with Crippen molar-refractivity contribution in [1.82, 2.24) is 5.32 Å². The summed E-state index contributed by atoms with van der Waals surface area (Å²) in [6.45, 7) is 2.36. The van der Waals surface area contributed by atoms with Gasteiger partial charge in [-0.25, -0.2) is 4.39 Å². The summed E-state index contributed by atoms with van der Waals surface area (Å²) in [5, 5.41) is 3.14. The third kappa shape index (κ3) is 4.32. The average Bonchev–Trinajstić information content (AvgIpc) is 2.29. The highest BCUT2D eigenvalue weighted by Gasteiger charge is 2.07. The van der Waals surface area contributed by atoms with Crippen LogP contribution in [0.15, 0.2) is 12.1 Å². The molecule has 0 saturated carbocycles. The summed E-state index contributed by atoms with van der Waals surface area (Å²) < 4.78 is 13.3. The van der Waals surface area contributed by atoms with Crippen molar-refractivity contribution in [2.45, 2.75) is 26.3 Å². The zero-order valence-electron chi connectivity index (χ0n) is 9.72. The number of nitrogens with one attached hydrogen (secondary N) is 1. The van der Waals surface area contributed by atoms with Crippen LogP contribution in [0.4, 0.5) is 4.39 Å². The first-order valence-electron chi connectivity index (χ1n) is 5.46. The Labute approximate surface area is 105 Å². The average molecular weight is 259 g/mol. The van der Waals surface area contributed by atoms with Gasteiger partial charge >= 0.3 is 0 Å². The minimum Gasteiger partial charge on any atom is -0.352 e. The fourth-order valence-electron chi connectivity index (χ4n) is 1.37. The molecule has 0 saturated heterocycles. The van der Waals surface area contributed by atoms with Gasteiger partial charge in [0.2, 0.25) is 5.91 Å². The lowest BCUT2D eigenvalue weighted by Crippen LogP contribution is -2.23. The van der Waals surface area contributed by atoms with E-state index >= 15 is 0 Å². The summed E-state index contributed by atoms with van der Waals surface area (Å²) >= 11 is 5.95. The zero-order chi connectivity index (χ0) is 12.8. The second-order valence-corrected chi connectivity index (χ2v) is 4.27. The number of carbonyl (C=O) groups excluding carboxylic acids is 1. The van der Waals surface area contributed by atoms with E-state index in [-0.39, 0.29) is 18.3 Å². The Morgan fingerprint density at radius 1 is 1.53 bits per heavy atom. The van der Waals surface area contributed by atoms with Gasteiger partial charge in [0.1, 0.15) is 5.82 Å². The number of hydrogen-bond acceptors (Lipinski definition) is 2. The molecule has 0 bridgehead atoms. The van der Waals surface area contributed by atoms with Crippen LogP contribution in [0.25, 0.3) is 0 Å². The van der Waals surface area contributed by atoms with Gasteiger partial charge in [-0.15, -0.1) is 0 Å². The van der Waals surface area contributed by atoms with Crippen molar-refractivity contribution < 1.29 is 9.18 Å². The molecule has 0 atom stereocenters. The van der Waals surface area contributed by atoms with Gasteiger partial charge in [0.05, 0.1) is 0 Å². The quantitative estimate of drug-likeness (QED) is 0.850. The van der Waals surface area contributed by atoms with Gasteiger partial charge in [-0.3, -0.25) is 4.79 Å². The lowest BCUT2D eigenvalue weighted by Gasteiger charge is -2.08. The number of nitrogens with two attached hydrogens (primary N) is 1. The number of amides is 1. The van der Waals surface area contributed by atoms with Gasteiger partial charge in [0.25, 0.3) is 0 Å². The maximum atomic E-state index is 13.3. The zero-order valence-corrected chi connectivity index (χ0v) is 10.5. The summed E-state index contributed by atoms with van der Waals surface area (Å²) in [7, 11) is 0. The molecule has 1 aromatic carbocycles. The number of halogens is 2. The van der Waals surface area contributed by atoms with E-state index in [0.29, 0.717) is 35.5 Å². The van der Waals surface area contributed by atoms with Crippen molar-refractivity contribution in [2.24, 2.45) is 5.73 Å². The first kappa shape index (κ1) is 13.9. The van der Waals surface area contributed by atoms with Gasteiger partial charge in [-0.1, -0.05) is 11.6 Å². The molecule has 1 rings (SSSR count). The highest BCUT2D eigenvalue weighted by Crippen LogP contribution is 2.20. The normalized spacial score (nSPS) is 10.4. The number of rotatable bonds is 5. The molecule has 0 aliphatic carbocycles. The molecular weight excluding hydrogens is 243 g/mol. The largest absolute Gasteiger partial charge is 0.352 e. The van der Waals surface area contributed by atoms with Crippen LogP contribution in [0.1, 0.15) is 24.0 Å². The van der Waals surface area contributed by atoms with E-state index in [1.165, 1.54) is 6.07 Å². The van der Waals surface area contributed by atoms with Crippen LogP contribution in [0.2, 0.25) is 5.02 Å². The van der Waals surface area contributed by atoms with E-state index in [1.807, 2.05) is 0 Å². The van der Waals surface area contributed by atoms with Crippen molar-refractivity contribution in [1.29, 1.82) is 0 Å². The van der Waals surface area contributed by atoms with Crippen LogP contribution < -0.4 is 11.1 Å². The number of hydrogen-bond donors (Lipinski definition) is 2. The molecule has 94 valence electrons. The van der Waals surface area contributed by atoms with Crippen molar-refractivity contribution in [2.75, 3.05) is 6.54 Å². The fraction of sp³-hybridized carbons (Fsp3) is 0.417. The summed E-state index contributed by atoms with van der Waals surface area (Å²) in [5.41, 5.74) is 6.37. The second-order valence-electron chi connectivity index (χ2n) is 3.86. The molecule has 3 nitrogen and oxygen atoms in total. The minimum atomic E-state index is -0.319. The Balaban J connectivity index is 2.57. The summed E-state index contributed by atoms with van der Waals surface area (Å²) in [6.07, 6.45) is 1.02. The van der Waals surface area contributed by atoms with E-state index in [1.54, 1.807) is 13.0 Å². The summed E-state index contributed by atoms with van der Waals surface area (Å²) in [5.74, 6) is -0.423. The third-order valence-corrected chi connectivity index (χ3v) is 2.76. The molecule has 0 spiro atoms. The van der Waals surface area contributed by atoms with E-state index in [9.17, 15) is 9.18 Å². The Kier molecular flexibility index (Phi) is 5.38. The van der Waals surface area contributed by atoms with Crippen LogP contribution in [-0.2, 0) is 11.3 Å². The number of aryl methyl sites for hydroxylation is 1. The van der Waals surface area contributed by atoms with Gasteiger partial charge in [-0.2, -0.15) is 0 Å². The fourth-order valence-corrected chi connectivity index (χ4v) is 1.65. The number of benzene rings is 1. The second kappa shape index (κ2) is 6.57. The Morgan fingerprint density at radius 2 is 2.24 bits per heavy atom.